The van der Waals surface area contributed by atoms with Gasteiger partial charge in [-0.2, -0.15) is 0 Å². The highest BCUT2D eigenvalue weighted by atomic mass is 35.5. The quantitative estimate of drug-likeness (QED) is 0.648. The zero-order valence-corrected chi connectivity index (χ0v) is 16.7. The van der Waals surface area contributed by atoms with Crippen LogP contribution in [0, 0.1) is 11.6 Å². The topological polar surface area (TPSA) is 38.0 Å². The number of hydrogen-bond acceptors (Lipinski definition) is 1. The number of carbonyl (C=O) groups is 1. The minimum absolute atomic E-state index is 0.121. The van der Waals surface area contributed by atoms with Gasteiger partial charge in [-0.15, -0.1) is 0 Å². The number of amides is 1. The fourth-order valence-corrected chi connectivity index (χ4v) is 3.91. The summed E-state index contributed by atoms with van der Waals surface area (Å²) in [6.07, 6.45) is 0. The van der Waals surface area contributed by atoms with Crippen LogP contribution in [-0.4, -0.2) is 38.6 Å². The van der Waals surface area contributed by atoms with Gasteiger partial charge < -0.3 is 15.1 Å². The summed E-state index contributed by atoms with van der Waals surface area (Å²) in [7, 11) is 0. The van der Waals surface area contributed by atoms with Gasteiger partial charge in [0.2, 0.25) is 0 Å². The standard InChI is InChI=1S/C21H24ClF2N3O/c1-15(19-6-5-18(23)12-20(19)24)25-21(28)14-27-9-7-26(8-10-27)13-16-3-2-4-17(22)11-16/h2-6,11-12,15H,7-10,13-14H2,1H3,(H,25,28)/p+2/t15-/m0/s1. The second kappa shape index (κ2) is 9.45. The Morgan fingerprint density at radius 3 is 2.50 bits per heavy atom. The third-order valence-corrected chi connectivity index (χ3v) is 5.46. The van der Waals surface area contributed by atoms with Gasteiger partial charge in [0.15, 0.2) is 6.54 Å². The van der Waals surface area contributed by atoms with Crippen molar-refractivity contribution in [2.45, 2.75) is 19.5 Å². The molecule has 1 atom stereocenters. The molecule has 0 aliphatic carbocycles. The maximum Gasteiger partial charge on any atom is 0.275 e. The molecule has 0 aromatic heterocycles. The number of benzene rings is 2. The lowest BCUT2D eigenvalue weighted by atomic mass is 10.1. The predicted molar refractivity (Wildman–Crippen MR) is 104 cm³/mol. The third-order valence-electron chi connectivity index (χ3n) is 5.22. The first-order chi connectivity index (χ1) is 13.4. The molecule has 0 spiro atoms. The molecule has 2 aromatic carbocycles. The van der Waals surface area contributed by atoms with E-state index >= 15 is 0 Å². The van der Waals surface area contributed by atoms with E-state index in [4.69, 9.17) is 11.6 Å². The Balaban J connectivity index is 1.44. The fraction of sp³-hybridized carbons (Fsp3) is 0.381. The summed E-state index contributed by atoms with van der Waals surface area (Å²) >= 11 is 6.05. The van der Waals surface area contributed by atoms with Crippen LogP contribution in [0.5, 0.6) is 0 Å². The number of hydrogen-bond donors (Lipinski definition) is 3. The Kier molecular flexibility index (Phi) is 6.99. The molecule has 1 aliphatic heterocycles. The van der Waals surface area contributed by atoms with Gasteiger partial charge in [-0.1, -0.05) is 29.8 Å². The van der Waals surface area contributed by atoms with E-state index < -0.39 is 17.7 Å². The summed E-state index contributed by atoms with van der Waals surface area (Å²) in [5, 5.41) is 3.57. The second-order valence-electron chi connectivity index (χ2n) is 7.44. The zero-order chi connectivity index (χ0) is 20.1. The highest BCUT2D eigenvalue weighted by Crippen LogP contribution is 2.17. The summed E-state index contributed by atoms with van der Waals surface area (Å²) in [5.41, 5.74) is 1.51. The molecular formula is C21H26ClF2N3O+2. The maximum atomic E-state index is 13.8. The molecule has 1 aliphatic rings. The third kappa shape index (κ3) is 5.74. The van der Waals surface area contributed by atoms with Crippen molar-refractivity contribution in [3.8, 4) is 0 Å². The van der Waals surface area contributed by atoms with Crippen LogP contribution in [0.15, 0.2) is 42.5 Å². The number of nitrogens with one attached hydrogen (secondary N) is 3. The Labute approximate surface area is 169 Å². The number of halogens is 3. The molecule has 28 heavy (non-hydrogen) atoms. The van der Waals surface area contributed by atoms with E-state index in [0.29, 0.717) is 12.1 Å². The van der Waals surface area contributed by atoms with E-state index in [2.05, 4.69) is 11.4 Å². The molecular weight excluding hydrogens is 384 g/mol. The average molecular weight is 410 g/mol. The largest absolute Gasteiger partial charge is 0.345 e. The summed E-state index contributed by atoms with van der Waals surface area (Å²) in [5.74, 6) is -1.38. The lowest BCUT2D eigenvalue weighted by Crippen LogP contribution is -3.28. The molecule has 1 fully saturated rings. The van der Waals surface area contributed by atoms with Crippen LogP contribution in [0.2, 0.25) is 5.02 Å². The molecule has 150 valence electrons. The van der Waals surface area contributed by atoms with Gasteiger partial charge in [-0.05, 0) is 25.1 Å². The number of piperazine rings is 1. The SMILES string of the molecule is C[C@H](NC(=O)C[NH+]1CC[NH+](Cc2cccc(Cl)c2)CC1)c1ccc(F)cc1F. The first-order valence-electron chi connectivity index (χ1n) is 9.56. The first kappa shape index (κ1) is 20.7. The van der Waals surface area contributed by atoms with Gasteiger partial charge in [-0.3, -0.25) is 4.79 Å². The molecule has 0 bridgehead atoms. The molecule has 0 saturated carbocycles. The van der Waals surface area contributed by atoms with Gasteiger partial charge in [0.1, 0.15) is 44.4 Å². The van der Waals surface area contributed by atoms with Crippen LogP contribution < -0.4 is 15.1 Å². The highest BCUT2D eigenvalue weighted by molar-refractivity contribution is 6.30. The smallest absolute Gasteiger partial charge is 0.275 e. The van der Waals surface area contributed by atoms with Crippen molar-refractivity contribution in [2.75, 3.05) is 32.7 Å². The maximum absolute atomic E-state index is 13.8. The van der Waals surface area contributed by atoms with Crippen molar-refractivity contribution in [3.05, 3.63) is 70.2 Å². The molecule has 0 unspecified atom stereocenters. The Bertz CT molecular complexity index is 825. The van der Waals surface area contributed by atoms with E-state index in [-0.39, 0.29) is 5.91 Å². The van der Waals surface area contributed by atoms with Gasteiger partial charge in [0.25, 0.3) is 5.91 Å². The molecule has 7 heteroatoms. The zero-order valence-electron chi connectivity index (χ0n) is 15.9. The molecule has 1 amide bonds. The van der Waals surface area contributed by atoms with Crippen molar-refractivity contribution in [2.24, 2.45) is 0 Å². The minimum atomic E-state index is -0.640. The summed E-state index contributed by atoms with van der Waals surface area (Å²) < 4.78 is 26.9. The Morgan fingerprint density at radius 2 is 1.82 bits per heavy atom. The second-order valence-corrected chi connectivity index (χ2v) is 7.87. The highest BCUT2D eigenvalue weighted by Gasteiger charge is 2.25. The van der Waals surface area contributed by atoms with E-state index in [1.54, 1.807) is 6.92 Å². The van der Waals surface area contributed by atoms with Crippen LogP contribution in [0.3, 0.4) is 0 Å². The van der Waals surface area contributed by atoms with Crippen LogP contribution in [-0.2, 0) is 11.3 Å². The lowest BCUT2D eigenvalue weighted by molar-refractivity contribution is -1.02. The van der Waals surface area contributed by atoms with Crippen LogP contribution in [0.4, 0.5) is 8.78 Å². The van der Waals surface area contributed by atoms with Crippen molar-refractivity contribution in [1.29, 1.82) is 0 Å². The van der Waals surface area contributed by atoms with Crippen molar-refractivity contribution in [3.63, 3.8) is 0 Å². The summed E-state index contributed by atoms with van der Waals surface area (Å²) in [6, 6.07) is 10.8. The van der Waals surface area contributed by atoms with Gasteiger partial charge in [0, 0.05) is 22.2 Å². The average Bonchev–Trinajstić information content (AvgIpc) is 2.63. The Hall–Kier alpha value is -2.02. The minimum Gasteiger partial charge on any atom is -0.345 e. The van der Waals surface area contributed by atoms with Crippen LogP contribution in [0.1, 0.15) is 24.1 Å². The lowest BCUT2D eigenvalue weighted by Gasteiger charge is -2.29. The Morgan fingerprint density at radius 1 is 1.11 bits per heavy atom. The van der Waals surface area contributed by atoms with Gasteiger partial charge in [-0.25, -0.2) is 8.78 Å². The number of rotatable bonds is 6. The normalized spacial score (nSPS) is 20.6. The summed E-state index contributed by atoms with van der Waals surface area (Å²) in [4.78, 5) is 15.0. The molecule has 2 aromatic rings. The first-order valence-corrected chi connectivity index (χ1v) is 9.94. The van der Waals surface area contributed by atoms with Crippen LogP contribution >= 0.6 is 11.6 Å². The van der Waals surface area contributed by atoms with Crippen molar-refractivity contribution < 1.29 is 23.4 Å². The van der Waals surface area contributed by atoms with Crippen molar-refractivity contribution >= 4 is 17.5 Å². The van der Waals surface area contributed by atoms with Crippen LogP contribution in [0.25, 0.3) is 0 Å². The molecule has 3 rings (SSSR count). The fourth-order valence-electron chi connectivity index (χ4n) is 3.70. The number of carbonyl (C=O) groups excluding carboxylic acids is 1. The van der Waals surface area contributed by atoms with Gasteiger partial charge >= 0.3 is 0 Å². The molecule has 1 saturated heterocycles. The van der Waals surface area contributed by atoms with Crippen molar-refractivity contribution in [1.82, 2.24) is 5.32 Å². The van der Waals surface area contributed by atoms with Gasteiger partial charge in [0.05, 0.1) is 6.04 Å². The van der Waals surface area contributed by atoms with E-state index in [0.717, 1.165) is 43.8 Å². The summed E-state index contributed by atoms with van der Waals surface area (Å²) in [6.45, 7) is 6.77. The molecule has 0 radical (unpaired) electrons. The monoisotopic (exact) mass is 409 g/mol. The number of quaternary nitrogens is 2. The van der Waals surface area contributed by atoms with E-state index in [1.807, 2.05) is 18.2 Å². The molecule has 1 heterocycles. The van der Waals surface area contributed by atoms with E-state index in [1.165, 1.54) is 27.5 Å². The van der Waals surface area contributed by atoms with E-state index in [9.17, 15) is 13.6 Å². The molecule has 4 nitrogen and oxygen atoms in total. The molecule has 3 N–H and O–H groups in total. The predicted octanol–water partition coefficient (Wildman–Crippen LogP) is 0.779.